The first-order valence-corrected chi connectivity index (χ1v) is 12.3. The Hall–Kier alpha value is -2.43. The molecule has 31 heavy (non-hydrogen) atoms. The second-order valence-electron chi connectivity index (χ2n) is 8.81. The average Bonchev–Trinajstić information content (AvgIpc) is 3.45. The van der Waals surface area contributed by atoms with Gasteiger partial charge in [0.2, 0.25) is 5.88 Å². The molecule has 1 aromatic carbocycles. The van der Waals surface area contributed by atoms with Crippen LogP contribution in [0, 0.1) is 0 Å². The molecule has 10 heteroatoms. The fourth-order valence-corrected chi connectivity index (χ4v) is 5.99. The van der Waals surface area contributed by atoms with Crippen LogP contribution in [0.2, 0.25) is 0 Å². The summed E-state index contributed by atoms with van der Waals surface area (Å²) in [6.07, 6.45) is 7.50. The summed E-state index contributed by atoms with van der Waals surface area (Å²) in [5.74, 6) is 0.331. The molecule has 0 saturated carbocycles. The molecular weight excluding hydrogens is 416 g/mol. The van der Waals surface area contributed by atoms with Crippen molar-refractivity contribution < 1.29 is 13.7 Å². The highest BCUT2D eigenvalue weighted by atomic mass is 32.2. The van der Waals surface area contributed by atoms with Gasteiger partial charge in [-0.05, 0) is 74.9 Å². The van der Waals surface area contributed by atoms with E-state index in [0.717, 1.165) is 50.8 Å². The van der Waals surface area contributed by atoms with Gasteiger partial charge in [0.1, 0.15) is 17.5 Å². The van der Waals surface area contributed by atoms with Crippen LogP contribution in [0.15, 0.2) is 21.5 Å². The van der Waals surface area contributed by atoms with Gasteiger partial charge >= 0.3 is 6.03 Å². The van der Waals surface area contributed by atoms with E-state index in [4.69, 9.17) is 9.88 Å². The average molecular weight is 445 g/mol. The topological polar surface area (TPSA) is 115 Å². The Balaban J connectivity index is 1.44. The Kier molecular flexibility index (Phi) is 5.03. The van der Waals surface area contributed by atoms with Gasteiger partial charge in [0, 0.05) is 12.2 Å². The molecule has 0 fully saturated rings. The first-order valence-electron chi connectivity index (χ1n) is 10.7. The first-order chi connectivity index (χ1) is 14.8. The second kappa shape index (κ2) is 7.61. The van der Waals surface area contributed by atoms with E-state index in [1.165, 1.54) is 28.5 Å². The van der Waals surface area contributed by atoms with Crippen molar-refractivity contribution in [3.8, 4) is 5.88 Å². The largest absolute Gasteiger partial charge is 0.475 e. The SMILES string of the molecule is CN(C)C[C@@H]1COc2c([S@@](N)(=O)=NC(=O)Nc3c4c(cc5c3CCC5)CCC4)cnn21. The lowest BCUT2D eigenvalue weighted by molar-refractivity contribution is 0.260. The van der Waals surface area contributed by atoms with Gasteiger partial charge < -0.3 is 15.0 Å². The number of aryl methyl sites for hydroxylation is 2. The molecule has 166 valence electrons. The predicted molar refractivity (Wildman–Crippen MR) is 118 cm³/mol. The third kappa shape index (κ3) is 3.62. The summed E-state index contributed by atoms with van der Waals surface area (Å²) in [6.45, 7) is 1.14. The predicted octanol–water partition coefficient (Wildman–Crippen LogP) is 2.29. The van der Waals surface area contributed by atoms with Crippen LogP contribution in [0.1, 0.15) is 41.1 Å². The maximum atomic E-state index is 13.2. The summed E-state index contributed by atoms with van der Waals surface area (Å²) in [6, 6.07) is 1.60. The van der Waals surface area contributed by atoms with Crippen molar-refractivity contribution in [3.63, 3.8) is 0 Å². The van der Waals surface area contributed by atoms with E-state index in [2.05, 4.69) is 20.8 Å². The maximum Gasteiger partial charge on any atom is 0.354 e. The summed E-state index contributed by atoms with van der Waals surface area (Å²) in [4.78, 5) is 15.0. The van der Waals surface area contributed by atoms with E-state index < -0.39 is 15.9 Å². The van der Waals surface area contributed by atoms with Crippen molar-refractivity contribution in [1.29, 1.82) is 0 Å². The van der Waals surface area contributed by atoms with Crippen LogP contribution in [0.3, 0.4) is 0 Å². The number of hydrogen-bond donors (Lipinski definition) is 2. The van der Waals surface area contributed by atoms with Crippen LogP contribution in [-0.2, 0) is 35.6 Å². The molecule has 2 aromatic rings. The number of aromatic nitrogens is 2. The summed E-state index contributed by atoms with van der Waals surface area (Å²) in [5, 5.41) is 13.3. The Morgan fingerprint density at radius 3 is 2.61 bits per heavy atom. The van der Waals surface area contributed by atoms with Crippen molar-refractivity contribution in [3.05, 3.63) is 34.5 Å². The highest BCUT2D eigenvalue weighted by Crippen LogP contribution is 2.39. The van der Waals surface area contributed by atoms with Crippen LogP contribution >= 0.6 is 0 Å². The van der Waals surface area contributed by atoms with Gasteiger partial charge in [-0.15, -0.1) is 4.36 Å². The maximum absolute atomic E-state index is 13.2. The van der Waals surface area contributed by atoms with Crippen molar-refractivity contribution >= 4 is 21.6 Å². The van der Waals surface area contributed by atoms with Gasteiger partial charge in [-0.25, -0.2) is 18.8 Å². The zero-order valence-corrected chi connectivity index (χ0v) is 18.7. The number of benzene rings is 1. The standard InChI is InChI=1S/C21H28N6O3S/c1-26(2)11-15-12-30-20-18(10-23-27(15)20)31(22,29)25-21(28)24-19-16-7-3-5-13(16)9-14-6-4-8-17(14)19/h9-10,15H,3-8,11-12H2,1-2H3,(H3,22,24,25,28,29)/t15-,31+/m1/s1. The molecule has 3 aliphatic rings. The highest BCUT2D eigenvalue weighted by molar-refractivity contribution is 7.91. The van der Waals surface area contributed by atoms with E-state index in [1.807, 2.05) is 19.0 Å². The van der Waals surface area contributed by atoms with Crippen LogP contribution in [0.4, 0.5) is 10.5 Å². The van der Waals surface area contributed by atoms with Gasteiger partial charge in [0.15, 0.2) is 9.92 Å². The van der Waals surface area contributed by atoms with Crippen LogP contribution in [0.25, 0.3) is 0 Å². The number of amides is 2. The number of urea groups is 1. The monoisotopic (exact) mass is 444 g/mol. The number of nitrogens with zero attached hydrogens (tertiary/aromatic N) is 4. The lowest BCUT2D eigenvalue weighted by atomic mass is 9.99. The molecule has 3 N–H and O–H groups in total. The Morgan fingerprint density at radius 2 is 1.97 bits per heavy atom. The first kappa shape index (κ1) is 20.5. The van der Waals surface area contributed by atoms with Crippen molar-refractivity contribution in [2.24, 2.45) is 9.50 Å². The number of fused-ring (bicyclic) bond motifs is 3. The van der Waals surface area contributed by atoms with Crippen molar-refractivity contribution in [2.45, 2.75) is 49.5 Å². The van der Waals surface area contributed by atoms with Crippen molar-refractivity contribution in [2.75, 3.05) is 32.6 Å². The second-order valence-corrected chi connectivity index (χ2v) is 10.6. The molecule has 0 unspecified atom stereocenters. The smallest absolute Gasteiger partial charge is 0.354 e. The number of anilines is 1. The molecule has 0 saturated heterocycles. The van der Waals surface area contributed by atoms with Gasteiger partial charge in [-0.1, -0.05) is 6.07 Å². The van der Waals surface area contributed by atoms with Gasteiger partial charge in [0.25, 0.3) is 0 Å². The number of hydrogen-bond acceptors (Lipinski definition) is 5. The molecule has 0 radical (unpaired) electrons. The molecule has 2 atom stereocenters. The fraction of sp³-hybridized carbons (Fsp3) is 0.524. The summed E-state index contributed by atoms with van der Waals surface area (Å²) >= 11 is 0. The minimum atomic E-state index is -3.50. The van der Waals surface area contributed by atoms with E-state index in [9.17, 15) is 9.00 Å². The third-order valence-corrected chi connectivity index (χ3v) is 7.64. The lowest BCUT2D eigenvalue weighted by Gasteiger charge is -2.15. The summed E-state index contributed by atoms with van der Waals surface area (Å²) in [7, 11) is 0.427. The van der Waals surface area contributed by atoms with Crippen LogP contribution in [0.5, 0.6) is 5.88 Å². The Morgan fingerprint density at radius 1 is 1.29 bits per heavy atom. The molecule has 0 bridgehead atoms. The highest BCUT2D eigenvalue weighted by Gasteiger charge is 2.32. The van der Waals surface area contributed by atoms with E-state index in [1.54, 1.807) is 4.68 Å². The molecular formula is C21H28N6O3S. The van der Waals surface area contributed by atoms with Crippen molar-refractivity contribution in [1.82, 2.24) is 14.7 Å². The van der Waals surface area contributed by atoms with Crippen LogP contribution in [-0.4, -0.2) is 52.2 Å². The third-order valence-electron chi connectivity index (χ3n) is 6.29. The van der Waals surface area contributed by atoms with Gasteiger partial charge in [0.05, 0.1) is 6.20 Å². The van der Waals surface area contributed by atoms with Crippen LogP contribution < -0.4 is 15.2 Å². The zero-order chi connectivity index (χ0) is 21.8. The molecule has 2 aliphatic carbocycles. The summed E-state index contributed by atoms with van der Waals surface area (Å²) < 4.78 is 24.5. The summed E-state index contributed by atoms with van der Waals surface area (Å²) in [5.41, 5.74) is 5.84. The number of carbonyl (C=O) groups is 1. The van der Waals surface area contributed by atoms with E-state index >= 15 is 0 Å². The molecule has 2 amide bonds. The molecule has 1 aromatic heterocycles. The Bertz CT molecular complexity index is 1150. The molecule has 2 heterocycles. The van der Waals surface area contributed by atoms with E-state index in [0.29, 0.717) is 12.5 Å². The number of rotatable bonds is 4. The zero-order valence-electron chi connectivity index (χ0n) is 17.9. The number of nitrogens with two attached hydrogens (primary N) is 1. The molecule has 0 spiro atoms. The van der Waals surface area contributed by atoms with E-state index in [-0.39, 0.29) is 10.9 Å². The quantitative estimate of drug-likeness (QED) is 0.751. The minimum Gasteiger partial charge on any atom is -0.475 e. The fourth-order valence-electron chi connectivity index (χ4n) is 5.00. The molecule has 5 rings (SSSR count). The van der Waals surface area contributed by atoms with Gasteiger partial charge in [-0.3, -0.25) is 0 Å². The molecule has 1 aliphatic heterocycles. The normalized spacial score (nSPS) is 20.7. The molecule has 9 nitrogen and oxygen atoms in total. The minimum absolute atomic E-state index is 0.00253. The number of likely N-dealkylation sites (N-methyl/N-ethyl adjacent to an activating group) is 1. The number of ether oxygens (including phenoxy) is 1. The number of carbonyl (C=O) groups excluding carboxylic acids is 1. The Labute approximate surface area is 182 Å². The lowest BCUT2D eigenvalue weighted by Crippen LogP contribution is -2.24. The van der Waals surface area contributed by atoms with Gasteiger partial charge in [-0.2, -0.15) is 5.10 Å². The number of nitrogens with one attached hydrogen (secondary N) is 1.